The van der Waals surface area contributed by atoms with Gasteiger partial charge in [-0.15, -0.1) is 0 Å². The standard InChI is InChI=1S/C13H13NO5/c1-7(13(16)17)14-12(15)11-5-8-3-4-9(18-2)6-10(8)19-11/h3-7H,1-2H3,(H,14,15)(H,16,17)/t7-/m1/s1. The van der Waals surface area contributed by atoms with Gasteiger partial charge in [0, 0.05) is 11.5 Å². The lowest BCUT2D eigenvalue weighted by molar-refractivity contribution is -0.138. The van der Waals surface area contributed by atoms with E-state index in [1.54, 1.807) is 24.3 Å². The van der Waals surface area contributed by atoms with Crippen molar-refractivity contribution in [1.82, 2.24) is 5.32 Å². The van der Waals surface area contributed by atoms with Crippen LogP contribution in [-0.2, 0) is 4.79 Å². The van der Waals surface area contributed by atoms with E-state index in [1.807, 2.05) is 0 Å². The highest BCUT2D eigenvalue weighted by Crippen LogP contribution is 2.24. The quantitative estimate of drug-likeness (QED) is 0.875. The average Bonchev–Trinajstić information content (AvgIpc) is 2.81. The molecule has 6 heteroatoms. The molecule has 0 radical (unpaired) electrons. The summed E-state index contributed by atoms with van der Waals surface area (Å²) in [5.74, 6) is -0.986. The van der Waals surface area contributed by atoms with Crippen molar-refractivity contribution in [2.24, 2.45) is 0 Å². The van der Waals surface area contributed by atoms with E-state index < -0.39 is 17.9 Å². The first-order valence-electron chi connectivity index (χ1n) is 5.62. The van der Waals surface area contributed by atoms with E-state index in [2.05, 4.69) is 5.32 Å². The van der Waals surface area contributed by atoms with E-state index in [9.17, 15) is 9.59 Å². The lowest BCUT2D eigenvalue weighted by Crippen LogP contribution is -2.38. The van der Waals surface area contributed by atoms with E-state index in [0.29, 0.717) is 11.3 Å². The molecule has 1 atom stereocenters. The molecule has 1 amide bonds. The van der Waals surface area contributed by atoms with Gasteiger partial charge in [-0.25, -0.2) is 0 Å². The third-order valence-electron chi connectivity index (χ3n) is 2.67. The van der Waals surface area contributed by atoms with Crippen LogP contribution in [0.15, 0.2) is 28.7 Å². The monoisotopic (exact) mass is 263 g/mol. The topological polar surface area (TPSA) is 88.8 Å². The molecule has 0 unspecified atom stereocenters. The number of hydrogen-bond acceptors (Lipinski definition) is 4. The average molecular weight is 263 g/mol. The Labute approximate surface area is 109 Å². The third-order valence-corrected chi connectivity index (χ3v) is 2.67. The third kappa shape index (κ3) is 2.67. The Morgan fingerprint density at radius 2 is 2.11 bits per heavy atom. The zero-order chi connectivity index (χ0) is 14.0. The Hall–Kier alpha value is -2.50. The van der Waals surface area contributed by atoms with Gasteiger partial charge in [0.15, 0.2) is 5.76 Å². The van der Waals surface area contributed by atoms with Crippen LogP contribution in [0.5, 0.6) is 5.75 Å². The van der Waals surface area contributed by atoms with Crippen molar-refractivity contribution in [3.63, 3.8) is 0 Å². The predicted octanol–water partition coefficient (Wildman–Crippen LogP) is 1.64. The second kappa shape index (κ2) is 5.01. The molecule has 0 aliphatic carbocycles. The second-order valence-electron chi connectivity index (χ2n) is 4.05. The van der Waals surface area contributed by atoms with Crippen LogP contribution in [0.25, 0.3) is 11.0 Å². The summed E-state index contributed by atoms with van der Waals surface area (Å²) in [6.07, 6.45) is 0. The fourth-order valence-electron chi connectivity index (χ4n) is 1.58. The number of methoxy groups -OCH3 is 1. The first-order valence-corrected chi connectivity index (χ1v) is 5.62. The zero-order valence-electron chi connectivity index (χ0n) is 10.5. The molecule has 2 rings (SSSR count). The molecule has 0 aliphatic heterocycles. The molecule has 19 heavy (non-hydrogen) atoms. The van der Waals surface area contributed by atoms with Crippen LogP contribution in [0.3, 0.4) is 0 Å². The SMILES string of the molecule is COc1ccc2cc(C(=O)N[C@H](C)C(=O)O)oc2c1. The molecule has 6 nitrogen and oxygen atoms in total. The molecule has 0 spiro atoms. The number of nitrogens with one attached hydrogen (secondary N) is 1. The van der Waals surface area contributed by atoms with Crippen molar-refractivity contribution in [1.29, 1.82) is 0 Å². The molecule has 2 N–H and O–H groups in total. The number of furan rings is 1. The number of rotatable bonds is 4. The van der Waals surface area contributed by atoms with Crippen molar-refractivity contribution in [3.05, 3.63) is 30.0 Å². The molecule has 0 aliphatic rings. The molecule has 0 saturated carbocycles. The van der Waals surface area contributed by atoms with Crippen LogP contribution in [0.2, 0.25) is 0 Å². The highest BCUT2D eigenvalue weighted by atomic mass is 16.5. The van der Waals surface area contributed by atoms with Crippen molar-refractivity contribution in [2.45, 2.75) is 13.0 Å². The van der Waals surface area contributed by atoms with Gasteiger partial charge in [-0.2, -0.15) is 0 Å². The number of amides is 1. The van der Waals surface area contributed by atoms with Gasteiger partial charge in [0.2, 0.25) is 0 Å². The number of carbonyl (C=O) groups is 2. The Balaban J connectivity index is 2.25. The number of fused-ring (bicyclic) bond motifs is 1. The number of benzene rings is 1. The highest BCUT2D eigenvalue weighted by Gasteiger charge is 2.18. The minimum Gasteiger partial charge on any atom is -0.497 e. The minimum absolute atomic E-state index is 0.0661. The highest BCUT2D eigenvalue weighted by molar-refractivity contribution is 5.98. The van der Waals surface area contributed by atoms with E-state index in [1.165, 1.54) is 14.0 Å². The summed E-state index contributed by atoms with van der Waals surface area (Å²) < 4.78 is 10.4. The molecule has 100 valence electrons. The summed E-state index contributed by atoms with van der Waals surface area (Å²) in [6.45, 7) is 1.38. The lowest BCUT2D eigenvalue weighted by Gasteiger charge is -2.06. The summed E-state index contributed by atoms with van der Waals surface area (Å²) >= 11 is 0. The number of ether oxygens (including phenoxy) is 1. The van der Waals surface area contributed by atoms with Crippen LogP contribution >= 0.6 is 0 Å². The van der Waals surface area contributed by atoms with Crippen molar-refractivity contribution in [3.8, 4) is 5.75 Å². The number of hydrogen-bond donors (Lipinski definition) is 2. The number of carboxylic acids is 1. The van der Waals surface area contributed by atoms with E-state index in [4.69, 9.17) is 14.3 Å². The smallest absolute Gasteiger partial charge is 0.325 e. The predicted molar refractivity (Wildman–Crippen MR) is 67.3 cm³/mol. The van der Waals surface area contributed by atoms with Crippen molar-refractivity contribution < 1.29 is 23.8 Å². The van der Waals surface area contributed by atoms with Gasteiger partial charge in [0.1, 0.15) is 17.4 Å². The molecule has 0 fully saturated rings. The number of aliphatic carboxylic acids is 1. The first-order chi connectivity index (χ1) is 9.01. The van der Waals surface area contributed by atoms with Gasteiger partial charge in [0.05, 0.1) is 7.11 Å². The Kier molecular flexibility index (Phi) is 3.41. The molecule has 1 aromatic heterocycles. The van der Waals surface area contributed by atoms with Gasteiger partial charge in [-0.05, 0) is 25.1 Å². The number of carbonyl (C=O) groups excluding carboxylic acids is 1. The Bertz CT molecular complexity index is 631. The fraction of sp³-hybridized carbons (Fsp3) is 0.231. The lowest BCUT2D eigenvalue weighted by atomic mass is 10.2. The van der Waals surface area contributed by atoms with E-state index in [-0.39, 0.29) is 5.76 Å². The summed E-state index contributed by atoms with van der Waals surface area (Å²) in [4.78, 5) is 22.4. The summed E-state index contributed by atoms with van der Waals surface area (Å²) in [5.41, 5.74) is 0.507. The molecular weight excluding hydrogens is 250 g/mol. The molecule has 1 heterocycles. The van der Waals surface area contributed by atoms with Crippen LogP contribution in [0.1, 0.15) is 17.5 Å². The maximum Gasteiger partial charge on any atom is 0.325 e. The van der Waals surface area contributed by atoms with Crippen LogP contribution in [-0.4, -0.2) is 30.1 Å². The normalized spacial score (nSPS) is 12.1. The van der Waals surface area contributed by atoms with Crippen LogP contribution in [0.4, 0.5) is 0 Å². The van der Waals surface area contributed by atoms with Gasteiger partial charge >= 0.3 is 5.97 Å². The van der Waals surface area contributed by atoms with E-state index >= 15 is 0 Å². The summed E-state index contributed by atoms with van der Waals surface area (Å²) in [5, 5.41) is 11.8. The van der Waals surface area contributed by atoms with Gasteiger partial charge in [-0.1, -0.05) is 0 Å². The first kappa shape index (κ1) is 12.9. The van der Waals surface area contributed by atoms with Crippen LogP contribution in [0, 0.1) is 0 Å². The Morgan fingerprint density at radius 1 is 1.37 bits per heavy atom. The largest absolute Gasteiger partial charge is 0.497 e. The van der Waals surface area contributed by atoms with Gasteiger partial charge in [0.25, 0.3) is 5.91 Å². The van der Waals surface area contributed by atoms with Gasteiger partial charge < -0.3 is 19.6 Å². The summed E-state index contributed by atoms with van der Waals surface area (Å²) in [7, 11) is 1.53. The van der Waals surface area contributed by atoms with Crippen molar-refractivity contribution in [2.75, 3.05) is 7.11 Å². The molecule has 2 aromatic rings. The zero-order valence-corrected chi connectivity index (χ0v) is 10.5. The maximum atomic E-state index is 11.8. The Morgan fingerprint density at radius 3 is 2.74 bits per heavy atom. The van der Waals surface area contributed by atoms with E-state index in [0.717, 1.165) is 5.39 Å². The fourth-order valence-corrected chi connectivity index (χ4v) is 1.58. The van der Waals surface area contributed by atoms with Crippen molar-refractivity contribution >= 4 is 22.8 Å². The maximum absolute atomic E-state index is 11.8. The minimum atomic E-state index is -1.11. The summed E-state index contributed by atoms with van der Waals surface area (Å²) in [6, 6.07) is 5.75. The number of carboxylic acid groups (broad SMARTS) is 1. The van der Waals surface area contributed by atoms with Crippen LogP contribution < -0.4 is 10.1 Å². The molecular formula is C13H13NO5. The second-order valence-corrected chi connectivity index (χ2v) is 4.05. The van der Waals surface area contributed by atoms with Gasteiger partial charge in [-0.3, -0.25) is 9.59 Å². The molecule has 0 bridgehead atoms. The molecule has 0 saturated heterocycles. The molecule has 1 aromatic carbocycles.